The number of aromatic nitrogens is 3. The Kier molecular flexibility index (Phi) is 21.5. The lowest BCUT2D eigenvalue weighted by Crippen LogP contribution is -2.55. The third kappa shape index (κ3) is 17.9. The van der Waals surface area contributed by atoms with Crippen LogP contribution in [0.25, 0.3) is 11.3 Å². The molecule has 1 aliphatic rings. The van der Waals surface area contributed by atoms with Crippen molar-refractivity contribution in [2.24, 2.45) is 30.7 Å². The van der Waals surface area contributed by atoms with Crippen LogP contribution in [-0.2, 0) is 64.7 Å². The highest BCUT2D eigenvalue weighted by Crippen LogP contribution is 2.25. The number of Topliss-reactive ketones (excluding diaryl/α,β-unsaturated/α-hetero) is 3. The highest BCUT2D eigenvalue weighted by atomic mass is 127. The molecule has 1 fully saturated rings. The second-order valence-electron chi connectivity index (χ2n) is 19.1. The Balaban J connectivity index is 1.30. The number of nitrogens with one attached hydrogen (secondary N) is 2. The summed E-state index contributed by atoms with van der Waals surface area (Å²) < 4.78 is 18.3. The number of aryl methyl sites for hydroxylation is 2. The van der Waals surface area contributed by atoms with Crippen LogP contribution < -0.4 is 10.6 Å². The van der Waals surface area contributed by atoms with E-state index in [4.69, 9.17) is 14.2 Å². The zero-order valence-electron chi connectivity index (χ0n) is 40.9. The molecule has 1 aromatic heterocycles. The summed E-state index contributed by atoms with van der Waals surface area (Å²) in [5.41, 5.74) is 2.42. The fourth-order valence-corrected chi connectivity index (χ4v) is 8.88. The van der Waals surface area contributed by atoms with Crippen molar-refractivity contribution in [3.8, 4) is 11.3 Å². The van der Waals surface area contributed by atoms with E-state index in [1.165, 1.54) is 6.92 Å². The van der Waals surface area contributed by atoms with Crippen molar-refractivity contribution in [1.82, 2.24) is 30.5 Å². The van der Waals surface area contributed by atoms with Crippen molar-refractivity contribution in [1.29, 1.82) is 0 Å². The maximum absolute atomic E-state index is 14.6. The predicted molar refractivity (Wildman–Crippen MR) is 271 cm³/mol. The number of carbonyl (C=O) groups excluding carboxylic acids is 6. The van der Waals surface area contributed by atoms with E-state index in [-0.39, 0.29) is 72.6 Å². The van der Waals surface area contributed by atoms with E-state index in [9.17, 15) is 28.8 Å². The summed E-state index contributed by atoms with van der Waals surface area (Å²) in [7, 11) is 1.78. The van der Waals surface area contributed by atoms with Crippen molar-refractivity contribution < 1.29 is 43.0 Å². The number of ether oxygens (including phenoxy) is 3. The molecule has 0 radical (unpaired) electrons. The quantitative estimate of drug-likeness (QED) is 0.0345. The van der Waals surface area contributed by atoms with E-state index in [0.29, 0.717) is 56.8 Å². The normalized spacial score (nSPS) is 15.6. The Morgan fingerprint density at radius 1 is 0.768 bits per heavy atom. The summed E-state index contributed by atoms with van der Waals surface area (Å²) >= 11 is 1.98. The van der Waals surface area contributed by atoms with E-state index in [1.807, 2.05) is 128 Å². The zero-order chi connectivity index (χ0) is 49.9. The molecule has 1 aliphatic heterocycles. The van der Waals surface area contributed by atoms with Gasteiger partial charge in [0.25, 0.3) is 0 Å². The fourth-order valence-electron chi connectivity index (χ4n) is 8.34. The van der Waals surface area contributed by atoms with Gasteiger partial charge in [0, 0.05) is 54.8 Å². The summed E-state index contributed by atoms with van der Waals surface area (Å²) in [5.74, 6) is -3.42. The Morgan fingerprint density at radius 2 is 1.36 bits per heavy atom. The van der Waals surface area contributed by atoms with E-state index in [0.717, 1.165) is 16.7 Å². The number of nitrogens with zero attached hydrogens (tertiary/aromatic N) is 4. The Bertz CT molecular complexity index is 2280. The SMILES string of the molecule is CC(C)C[C@H](NC(=O)[C@H](CCc1ccccc1)CC(=O)CN1CCOCC1)C(=O)C[C@@H](Cc1ccccc1)C(=O)N[C@@H](CC(C)C)C(=O)[C@@](C)(CI)OC(=O)OCc1ccc(-c2cn(C)nn2)cc1. The first-order chi connectivity index (χ1) is 33.0. The molecule has 4 aromatic rings. The highest BCUT2D eigenvalue weighted by Gasteiger charge is 2.43. The van der Waals surface area contributed by atoms with Crippen LogP contribution in [0, 0.1) is 23.7 Å². The van der Waals surface area contributed by atoms with Crippen LogP contribution in [0.1, 0.15) is 83.4 Å². The lowest BCUT2D eigenvalue weighted by atomic mass is 9.87. The van der Waals surface area contributed by atoms with Gasteiger partial charge in [-0.3, -0.25) is 33.6 Å². The monoisotopic (exact) mass is 1060 g/mol. The largest absolute Gasteiger partial charge is 0.509 e. The molecule has 69 heavy (non-hydrogen) atoms. The third-order valence-electron chi connectivity index (χ3n) is 12.2. The Morgan fingerprint density at radius 3 is 1.96 bits per heavy atom. The second-order valence-corrected chi connectivity index (χ2v) is 19.9. The maximum Gasteiger partial charge on any atom is 0.509 e. The van der Waals surface area contributed by atoms with Crippen LogP contribution in [0.15, 0.2) is 91.1 Å². The van der Waals surface area contributed by atoms with Gasteiger partial charge in [-0.25, -0.2) is 4.79 Å². The topological polar surface area (TPSA) is 188 Å². The molecule has 1 saturated heterocycles. The minimum absolute atomic E-state index is 0.00701. The number of rotatable bonds is 27. The summed E-state index contributed by atoms with van der Waals surface area (Å²) in [6, 6.07) is 24.4. The number of ketones is 3. The molecule has 0 unspecified atom stereocenters. The van der Waals surface area contributed by atoms with Gasteiger partial charge in [-0.05, 0) is 67.6 Å². The molecule has 2 amide bonds. The van der Waals surface area contributed by atoms with Crippen molar-refractivity contribution in [2.45, 2.75) is 104 Å². The van der Waals surface area contributed by atoms with Crippen LogP contribution in [0.5, 0.6) is 0 Å². The molecule has 3 aromatic carbocycles. The van der Waals surface area contributed by atoms with Crippen molar-refractivity contribution in [2.75, 3.05) is 37.3 Å². The smallest absolute Gasteiger partial charge is 0.429 e. The van der Waals surface area contributed by atoms with E-state index in [1.54, 1.807) is 30.1 Å². The first-order valence-corrected chi connectivity index (χ1v) is 25.5. The fraction of sp³-hybridized carbons (Fsp3) is 0.509. The van der Waals surface area contributed by atoms with Gasteiger partial charge in [0.15, 0.2) is 17.2 Å². The molecular formula is C53H69IN6O9. The maximum atomic E-state index is 14.6. The van der Waals surface area contributed by atoms with Gasteiger partial charge in [0.2, 0.25) is 11.8 Å². The number of halogens is 1. The van der Waals surface area contributed by atoms with Crippen LogP contribution in [0.4, 0.5) is 4.79 Å². The molecule has 2 heterocycles. The van der Waals surface area contributed by atoms with Crippen molar-refractivity contribution in [3.05, 3.63) is 108 Å². The number of amides is 2. The van der Waals surface area contributed by atoms with Gasteiger partial charge in [-0.2, -0.15) is 0 Å². The van der Waals surface area contributed by atoms with Gasteiger partial charge in [0.05, 0.1) is 38.0 Å². The molecule has 15 nitrogen and oxygen atoms in total. The molecule has 5 atom stereocenters. The standard InChI is InChI=1S/C53H69IN6O9/c1-36(2)27-45(55-50(64)42(22-17-38-13-9-7-10-14-38)30-44(61)32-60-23-25-67-26-24-60)48(62)31-43(29-39-15-11-8-12-16-39)51(65)56-46(28-37(3)4)49(63)53(5,35-54)69-52(66)68-34-40-18-20-41(21-19-40)47-33-59(6)58-57-47/h7-16,18-21,33,36-37,42-43,45-46H,17,22-32,34-35H2,1-6H3,(H,55,64)(H,56,65)/t42-,43-,45+,46+,53-/m1/s1. The minimum atomic E-state index is -1.67. The van der Waals surface area contributed by atoms with E-state index >= 15 is 0 Å². The summed E-state index contributed by atoms with van der Waals surface area (Å²) in [6.45, 7) is 11.8. The zero-order valence-corrected chi connectivity index (χ0v) is 43.0. The average Bonchev–Trinajstić information content (AvgIpc) is 3.77. The lowest BCUT2D eigenvalue weighted by molar-refractivity contribution is -0.142. The molecule has 0 bridgehead atoms. The Labute approximate surface area is 420 Å². The van der Waals surface area contributed by atoms with E-state index < -0.39 is 47.4 Å². The molecular weight excluding hydrogens is 992 g/mol. The third-order valence-corrected chi connectivity index (χ3v) is 13.6. The van der Waals surface area contributed by atoms with Gasteiger partial charge >= 0.3 is 6.16 Å². The van der Waals surface area contributed by atoms with Crippen molar-refractivity contribution in [3.63, 3.8) is 0 Å². The summed E-state index contributed by atoms with van der Waals surface area (Å²) in [5, 5.41) is 14.1. The first kappa shape index (κ1) is 54.6. The molecule has 0 saturated carbocycles. The molecule has 0 spiro atoms. The highest BCUT2D eigenvalue weighted by molar-refractivity contribution is 14.1. The molecule has 2 N–H and O–H groups in total. The van der Waals surface area contributed by atoms with Gasteiger partial charge < -0.3 is 24.8 Å². The number of benzene rings is 3. The lowest BCUT2D eigenvalue weighted by Gasteiger charge is -2.32. The summed E-state index contributed by atoms with van der Waals surface area (Å²) in [4.78, 5) is 86.6. The number of carbonyl (C=O) groups is 6. The van der Waals surface area contributed by atoms with Crippen LogP contribution in [0.2, 0.25) is 0 Å². The van der Waals surface area contributed by atoms with Crippen LogP contribution >= 0.6 is 22.6 Å². The summed E-state index contributed by atoms with van der Waals surface area (Å²) in [6.07, 6.45) is 2.29. The predicted octanol–water partition coefficient (Wildman–Crippen LogP) is 7.32. The number of morpholine rings is 1. The Hall–Kier alpha value is -5.33. The first-order valence-electron chi connectivity index (χ1n) is 24.0. The molecule has 0 aliphatic carbocycles. The van der Waals surface area contributed by atoms with Gasteiger partial charge in [-0.1, -0.05) is 140 Å². The van der Waals surface area contributed by atoms with Gasteiger partial charge in [0.1, 0.15) is 18.1 Å². The average molecular weight is 1060 g/mol. The number of hydrogen-bond acceptors (Lipinski definition) is 12. The molecule has 5 rings (SSSR count). The van der Waals surface area contributed by atoms with E-state index in [2.05, 4.69) is 20.9 Å². The molecule has 372 valence electrons. The number of hydrogen-bond donors (Lipinski definition) is 2. The minimum Gasteiger partial charge on any atom is -0.429 e. The number of alkyl halides is 1. The van der Waals surface area contributed by atoms with Crippen LogP contribution in [0.3, 0.4) is 0 Å². The second kappa shape index (κ2) is 27.2. The van der Waals surface area contributed by atoms with Crippen molar-refractivity contribution >= 4 is 57.9 Å². The van der Waals surface area contributed by atoms with Crippen LogP contribution in [-0.4, -0.2) is 110 Å². The molecule has 16 heteroatoms. The van der Waals surface area contributed by atoms with Gasteiger partial charge in [-0.15, -0.1) is 5.10 Å².